The van der Waals surface area contributed by atoms with Gasteiger partial charge in [-0.15, -0.1) is 0 Å². The highest BCUT2D eigenvalue weighted by Gasteiger charge is 2.13. The van der Waals surface area contributed by atoms with Crippen LogP contribution >= 0.6 is 0 Å². The van der Waals surface area contributed by atoms with E-state index in [4.69, 9.17) is 4.74 Å². The first kappa shape index (κ1) is 21.2. The van der Waals surface area contributed by atoms with Crippen LogP contribution in [-0.4, -0.2) is 16.7 Å². The van der Waals surface area contributed by atoms with E-state index in [9.17, 15) is 13.6 Å². The zero-order valence-corrected chi connectivity index (χ0v) is 17.6. The molecule has 0 radical (unpaired) electrons. The molecule has 1 aromatic heterocycles. The van der Waals surface area contributed by atoms with E-state index in [2.05, 4.69) is 10.3 Å². The third-order valence-corrected chi connectivity index (χ3v) is 5.05. The van der Waals surface area contributed by atoms with Gasteiger partial charge in [0.1, 0.15) is 11.6 Å². The maximum atomic E-state index is 13.7. The van der Waals surface area contributed by atoms with Gasteiger partial charge in [0.15, 0.2) is 0 Å². The Hall–Kier alpha value is -4.00. The summed E-state index contributed by atoms with van der Waals surface area (Å²) in [6.07, 6.45) is 1.47. The van der Waals surface area contributed by atoms with Crippen LogP contribution in [0.4, 0.5) is 20.4 Å². The largest absolute Gasteiger partial charge is 0.490 e. The normalized spacial score (nSPS) is 10.8. The highest BCUT2D eigenvalue weighted by molar-refractivity contribution is 5.71. The minimum atomic E-state index is -0.679. The Bertz CT molecular complexity index is 1300. The lowest BCUT2D eigenvalue weighted by Gasteiger charge is -2.17. The number of nitrogens with zero attached hydrogens (tertiary/aromatic N) is 2. The highest BCUT2D eigenvalue weighted by atomic mass is 19.1. The molecule has 5 nitrogen and oxygen atoms in total. The fourth-order valence-corrected chi connectivity index (χ4v) is 3.42. The van der Waals surface area contributed by atoms with Crippen molar-refractivity contribution in [3.63, 3.8) is 0 Å². The standard InChI is InChI=1S/C25H21F2N3O2/c1-16-8-9-19(18-6-4-3-5-7-18)12-22(16)28-25-29-24(31)23(32-2)15-30(25)14-17-10-20(26)13-21(27)11-17/h3-13,15H,14H2,1-2H3,(H,28,29,31). The monoisotopic (exact) mass is 433 g/mol. The van der Waals surface area contributed by atoms with Gasteiger partial charge in [0.05, 0.1) is 19.9 Å². The summed E-state index contributed by atoms with van der Waals surface area (Å²) < 4.78 is 34.1. The topological polar surface area (TPSA) is 56.1 Å². The second-order valence-electron chi connectivity index (χ2n) is 7.36. The minimum absolute atomic E-state index is 0.0298. The summed E-state index contributed by atoms with van der Waals surface area (Å²) in [5, 5.41) is 3.20. The molecule has 32 heavy (non-hydrogen) atoms. The molecule has 0 unspecified atom stereocenters. The van der Waals surface area contributed by atoms with E-state index in [0.717, 1.165) is 28.4 Å². The van der Waals surface area contributed by atoms with Gasteiger partial charge in [-0.05, 0) is 47.4 Å². The number of anilines is 2. The first-order chi connectivity index (χ1) is 15.4. The molecule has 4 aromatic rings. The number of aryl methyl sites for hydroxylation is 1. The van der Waals surface area contributed by atoms with E-state index in [1.807, 2.05) is 55.5 Å². The van der Waals surface area contributed by atoms with Crippen molar-refractivity contribution in [2.75, 3.05) is 12.4 Å². The molecule has 0 aliphatic rings. The predicted molar refractivity (Wildman–Crippen MR) is 120 cm³/mol. The first-order valence-electron chi connectivity index (χ1n) is 9.96. The van der Waals surface area contributed by atoms with Crippen LogP contribution in [-0.2, 0) is 6.54 Å². The van der Waals surface area contributed by atoms with Crippen molar-refractivity contribution in [1.29, 1.82) is 0 Å². The molecule has 7 heteroatoms. The van der Waals surface area contributed by atoms with Crippen molar-refractivity contribution in [2.24, 2.45) is 0 Å². The number of hydrogen-bond acceptors (Lipinski definition) is 4. The molecule has 4 rings (SSSR count). The number of nitrogens with one attached hydrogen (secondary N) is 1. The van der Waals surface area contributed by atoms with E-state index >= 15 is 0 Å². The smallest absolute Gasteiger partial charge is 0.316 e. The second-order valence-corrected chi connectivity index (χ2v) is 7.36. The van der Waals surface area contributed by atoms with Crippen LogP contribution in [0.2, 0.25) is 0 Å². The number of halogens is 2. The van der Waals surface area contributed by atoms with Gasteiger partial charge in [-0.1, -0.05) is 42.5 Å². The van der Waals surface area contributed by atoms with Crippen molar-refractivity contribution in [3.8, 4) is 16.9 Å². The van der Waals surface area contributed by atoms with Crippen molar-refractivity contribution in [1.82, 2.24) is 9.55 Å². The average molecular weight is 433 g/mol. The minimum Gasteiger partial charge on any atom is -0.490 e. The van der Waals surface area contributed by atoms with Crippen LogP contribution in [0.3, 0.4) is 0 Å². The molecular formula is C25H21F2N3O2. The SMILES string of the molecule is COc1cn(Cc2cc(F)cc(F)c2)c(Nc2cc(-c3ccccc3)ccc2C)nc1=O. The Balaban J connectivity index is 1.75. The Kier molecular flexibility index (Phi) is 5.98. The van der Waals surface area contributed by atoms with Crippen LogP contribution in [0.1, 0.15) is 11.1 Å². The summed E-state index contributed by atoms with van der Waals surface area (Å²) in [6.45, 7) is 2.02. The number of hydrogen-bond donors (Lipinski definition) is 1. The van der Waals surface area contributed by atoms with E-state index in [0.29, 0.717) is 5.56 Å². The van der Waals surface area contributed by atoms with E-state index in [-0.39, 0.29) is 18.2 Å². The summed E-state index contributed by atoms with van der Waals surface area (Å²) in [4.78, 5) is 16.4. The summed E-state index contributed by atoms with van der Waals surface area (Å²) in [7, 11) is 1.37. The zero-order chi connectivity index (χ0) is 22.7. The van der Waals surface area contributed by atoms with Crippen molar-refractivity contribution < 1.29 is 13.5 Å². The van der Waals surface area contributed by atoms with Crippen LogP contribution in [0.15, 0.2) is 77.7 Å². The predicted octanol–water partition coefficient (Wildman–Crippen LogP) is 5.30. The molecule has 0 aliphatic carbocycles. The van der Waals surface area contributed by atoms with Crippen LogP contribution in [0.5, 0.6) is 5.75 Å². The molecular weight excluding hydrogens is 412 g/mol. The van der Waals surface area contributed by atoms with Gasteiger partial charge >= 0.3 is 5.56 Å². The van der Waals surface area contributed by atoms with Crippen LogP contribution < -0.4 is 15.6 Å². The quantitative estimate of drug-likeness (QED) is 0.449. The van der Waals surface area contributed by atoms with Crippen molar-refractivity contribution in [3.05, 3.63) is 106 Å². The maximum Gasteiger partial charge on any atom is 0.316 e. The Morgan fingerprint density at radius 2 is 1.69 bits per heavy atom. The lowest BCUT2D eigenvalue weighted by atomic mass is 10.0. The number of ether oxygens (including phenoxy) is 1. The second kappa shape index (κ2) is 9.01. The summed E-state index contributed by atoms with van der Waals surface area (Å²) in [6, 6.07) is 19.1. The molecule has 0 aliphatic heterocycles. The lowest BCUT2D eigenvalue weighted by Crippen LogP contribution is -2.19. The van der Waals surface area contributed by atoms with Gasteiger partial charge < -0.3 is 14.6 Å². The third kappa shape index (κ3) is 4.67. The fourth-order valence-electron chi connectivity index (χ4n) is 3.42. The Labute approximate surface area is 184 Å². The summed E-state index contributed by atoms with van der Waals surface area (Å²) in [5.41, 5.74) is 3.57. The van der Waals surface area contributed by atoms with Gasteiger partial charge in [0.2, 0.25) is 11.7 Å². The Morgan fingerprint density at radius 1 is 0.969 bits per heavy atom. The van der Waals surface area contributed by atoms with Gasteiger partial charge in [-0.25, -0.2) is 8.78 Å². The molecule has 0 saturated heterocycles. The van der Waals surface area contributed by atoms with Gasteiger partial charge in [-0.3, -0.25) is 4.79 Å². The summed E-state index contributed by atoms with van der Waals surface area (Å²) >= 11 is 0. The number of methoxy groups -OCH3 is 1. The molecule has 0 bridgehead atoms. The van der Waals surface area contributed by atoms with Gasteiger partial charge in [0, 0.05) is 11.8 Å². The van der Waals surface area contributed by atoms with Crippen molar-refractivity contribution >= 4 is 11.6 Å². The van der Waals surface area contributed by atoms with E-state index in [1.165, 1.54) is 25.4 Å². The first-order valence-corrected chi connectivity index (χ1v) is 9.96. The number of rotatable bonds is 6. The number of aromatic nitrogens is 2. The molecule has 0 atom stereocenters. The molecule has 0 fully saturated rings. The van der Waals surface area contributed by atoms with E-state index in [1.54, 1.807) is 4.57 Å². The summed E-state index contributed by atoms with van der Waals surface area (Å²) in [5.74, 6) is -1.10. The molecule has 0 saturated carbocycles. The van der Waals surface area contributed by atoms with Gasteiger partial charge in [-0.2, -0.15) is 4.98 Å². The molecule has 162 valence electrons. The fraction of sp³-hybridized carbons (Fsp3) is 0.120. The zero-order valence-electron chi connectivity index (χ0n) is 17.6. The average Bonchev–Trinajstić information content (AvgIpc) is 2.77. The Morgan fingerprint density at radius 3 is 2.38 bits per heavy atom. The highest BCUT2D eigenvalue weighted by Crippen LogP contribution is 2.27. The third-order valence-electron chi connectivity index (χ3n) is 5.05. The molecule has 0 amide bonds. The molecule has 1 N–H and O–H groups in total. The van der Waals surface area contributed by atoms with E-state index < -0.39 is 17.2 Å². The molecule has 3 aromatic carbocycles. The molecule has 1 heterocycles. The van der Waals surface area contributed by atoms with Crippen molar-refractivity contribution in [2.45, 2.75) is 13.5 Å². The lowest BCUT2D eigenvalue weighted by molar-refractivity contribution is 0.402. The number of benzene rings is 3. The molecule has 0 spiro atoms. The van der Waals surface area contributed by atoms with Crippen LogP contribution in [0, 0.1) is 18.6 Å². The van der Waals surface area contributed by atoms with Crippen LogP contribution in [0.25, 0.3) is 11.1 Å². The maximum absolute atomic E-state index is 13.7. The van der Waals surface area contributed by atoms with Gasteiger partial charge in [0.25, 0.3) is 0 Å².